The molecule has 1 saturated carbocycles. The average molecular weight is 278 g/mol. The molecule has 1 fully saturated rings. The first-order valence-electron chi connectivity index (χ1n) is 6.79. The molecule has 2 rings (SSSR count). The summed E-state index contributed by atoms with van der Waals surface area (Å²) in [5, 5.41) is 13.4. The number of nitrogens with zero attached hydrogens (tertiary/aromatic N) is 1. The van der Waals surface area contributed by atoms with Crippen LogP contribution in [0.2, 0.25) is 0 Å². The maximum absolute atomic E-state index is 11.4. The van der Waals surface area contributed by atoms with E-state index in [9.17, 15) is 14.9 Å². The standard InChI is InChI=1S/C14H18N2O4/c17-14(9-11-5-6-11)15-7-2-8-20-13-4-1-3-12(10-13)16(18)19/h1,3-4,10-11H,2,5-9H2,(H,15,17). The second kappa shape index (κ2) is 6.88. The number of non-ortho nitro benzene ring substituents is 1. The first-order chi connectivity index (χ1) is 9.65. The zero-order valence-electron chi connectivity index (χ0n) is 11.2. The number of nitrogens with one attached hydrogen (secondary N) is 1. The van der Waals surface area contributed by atoms with Gasteiger partial charge in [0.1, 0.15) is 5.75 Å². The number of nitro benzene ring substituents is 1. The Hall–Kier alpha value is -2.11. The van der Waals surface area contributed by atoms with Crippen LogP contribution >= 0.6 is 0 Å². The smallest absolute Gasteiger partial charge is 0.273 e. The van der Waals surface area contributed by atoms with Crippen molar-refractivity contribution in [2.45, 2.75) is 25.7 Å². The van der Waals surface area contributed by atoms with Gasteiger partial charge in [-0.3, -0.25) is 14.9 Å². The number of carbonyl (C=O) groups excluding carboxylic acids is 1. The molecule has 0 saturated heterocycles. The van der Waals surface area contributed by atoms with Crippen LogP contribution in [-0.2, 0) is 4.79 Å². The van der Waals surface area contributed by atoms with E-state index in [2.05, 4.69) is 5.32 Å². The molecule has 0 radical (unpaired) electrons. The minimum Gasteiger partial charge on any atom is -0.493 e. The van der Waals surface area contributed by atoms with Crippen molar-refractivity contribution in [1.29, 1.82) is 0 Å². The van der Waals surface area contributed by atoms with Gasteiger partial charge in [0, 0.05) is 19.0 Å². The molecule has 0 bridgehead atoms. The lowest BCUT2D eigenvalue weighted by molar-refractivity contribution is -0.384. The highest BCUT2D eigenvalue weighted by Crippen LogP contribution is 2.32. The maximum Gasteiger partial charge on any atom is 0.273 e. The molecule has 0 unspecified atom stereocenters. The van der Waals surface area contributed by atoms with E-state index in [-0.39, 0.29) is 11.6 Å². The lowest BCUT2D eigenvalue weighted by Crippen LogP contribution is -2.25. The quantitative estimate of drug-likeness (QED) is 0.449. The molecule has 1 aliphatic rings. The van der Waals surface area contributed by atoms with Crippen molar-refractivity contribution in [2.75, 3.05) is 13.2 Å². The molecule has 6 heteroatoms. The number of carbonyl (C=O) groups is 1. The third-order valence-corrected chi connectivity index (χ3v) is 3.11. The monoisotopic (exact) mass is 278 g/mol. The van der Waals surface area contributed by atoms with Gasteiger partial charge in [0.15, 0.2) is 0 Å². The van der Waals surface area contributed by atoms with Crippen LogP contribution in [0, 0.1) is 16.0 Å². The molecule has 1 aliphatic carbocycles. The summed E-state index contributed by atoms with van der Waals surface area (Å²) in [4.78, 5) is 21.6. The summed E-state index contributed by atoms with van der Waals surface area (Å²) >= 11 is 0. The summed E-state index contributed by atoms with van der Waals surface area (Å²) in [7, 11) is 0. The van der Waals surface area contributed by atoms with Gasteiger partial charge in [-0.1, -0.05) is 6.07 Å². The van der Waals surface area contributed by atoms with Crippen molar-refractivity contribution >= 4 is 11.6 Å². The Kier molecular flexibility index (Phi) is 4.92. The van der Waals surface area contributed by atoms with E-state index in [0.717, 1.165) is 0 Å². The lowest BCUT2D eigenvalue weighted by atomic mass is 10.3. The van der Waals surface area contributed by atoms with Crippen LogP contribution in [0.15, 0.2) is 24.3 Å². The summed E-state index contributed by atoms with van der Waals surface area (Å²) in [5.41, 5.74) is 0.0141. The first-order valence-corrected chi connectivity index (χ1v) is 6.79. The van der Waals surface area contributed by atoms with Crippen LogP contribution in [0.4, 0.5) is 5.69 Å². The third kappa shape index (κ3) is 4.87. The van der Waals surface area contributed by atoms with E-state index in [4.69, 9.17) is 4.74 Å². The molecule has 1 aromatic rings. The van der Waals surface area contributed by atoms with Crippen LogP contribution in [0.3, 0.4) is 0 Å². The van der Waals surface area contributed by atoms with E-state index in [0.29, 0.717) is 37.7 Å². The number of ether oxygens (including phenoxy) is 1. The van der Waals surface area contributed by atoms with E-state index < -0.39 is 4.92 Å². The van der Waals surface area contributed by atoms with Crippen molar-refractivity contribution in [3.05, 3.63) is 34.4 Å². The van der Waals surface area contributed by atoms with E-state index in [1.165, 1.54) is 25.0 Å². The summed E-state index contributed by atoms with van der Waals surface area (Å²) in [6, 6.07) is 6.08. The number of rotatable bonds is 8. The number of hydrogen-bond acceptors (Lipinski definition) is 4. The Morgan fingerprint density at radius 1 is 1.45 bits per heavy atom. The minimum atomic E-state index is -0.453. The van der Waals surface area contributed by atoms with Crippen molar-refractivity contribution in [3.8, 4) is 5.75 Å². The second-order valence-corrected chi connectivity index (χ2v) is 4.95. The Morgan fingerprint density at radius 2 is 2.25 bits per heavy atom. The Bertz CT molecular complexity index is 486. The van der Waals surface area contributed by atoms with Gasteiger partial charge in [-0.05, 0) is 31.2 Å². The van der Waals surface area contributed by atoms with Crippen molar-refractivity contribution in [3.63, 3.8) is 0 Å². The average Bonchev–Trinajstić information content (AvgIpc) is 3.22. The molecule has 0 spiro atoms. The molecule has 1 N–H and O–H groups in total. The van der Waals surface area contributed by atoms with Gasteiger partial charge >= 0.3 is 0 Å². The van der Waals surface area contributed by atoms with Crippen LogP contribution < -0.4 is 10.1 Å². The molecule has 108 valence electrons. The second-order valence-electron chi connectivity index (χ2n) is 4.95. The van der Waals surface area contributed by atoms with Gasteiger partial charge in [-0.15, -0.1) is 0 Å². The largest absolute Gasteiger partial charge is 0.493 e. The summed E-state index contributed by atoms with van der Waals surface area (Å²) in [5.74, 6) is 1.17. The van der Waals surface area contributed by atoms with E-state index in [1.54, 1.807) is 12.1 Å². The van der Waals surface area contributed by atoms with Gasteiger partial charge in [0.05, 0.1) is 17.6 Å². The van der Waals surface area contributed by atoms with Gasteiger partial charge in [0.25, 0.3) is 5.69 Å². The number of benzene rings is 1. The molecule has 1 aromatic carbocycles. The summed E-state index contributed by atoms with van der Waals surface area (Å²) < 4.78 is 5.42. The number of amides is 1. The Balaban J connectivity index is 1.61. The molecular formula is C14H18N2O4. The van der Waals surface area contributed by atoms with Crippen LogP contribution in [0.1, 0.15) is 25.7 Å². The zero-order chi connectivity index (χ0) is 14.4. The molecule has 6 nitrogen and oxygen atoms in total. The predicted molar refractivity (Wildman–Crippen MR) is 73.6 cm³/mol. The minimum absolute atomic E-state index is 0.0141. The van der Waals surface area contributed by atoms with E-state index >= 15 is 0 Å². The lowest BCUT2D eigenvalue weighted by Gasteiger charge is -2.07. The molecule has 0 heterocycles. The highest BCUT2D eigenvalue weighted by molar-refractivity contribution is 5.76. The third-order valence-electron chi connectivity index (χ3n) is 3.11. The van der Waals surface area contributed by atoms with Gasteiger partial charge < -0.3 is 10.1 Å². The molecular weight excluding hydrogens is 260 g/mol. The predicted octanol–water partition coefficient (Wildman–Crippen LogP) is 2.28. The van der Waals surface area contributed by atoms with Gasteiger partial charge in [-0.25, -0.2) is 0 Å². The SMILES string of the molecule is O=C(CC1CC1)NCCCOc1cccc([N+](=O)[O-])c1. The maximum atomic E-state index is 11.4. The van der Waals surface area contributed by atoms with Crippen LogP contribution in [0.25, 0.3) is 0 Å². The van der Waals surface area contributed by atoms with Crippen molar-refractivity contribution < 1.29 is 14.5 Å². The van der Waals surface area contributed by atoms with Crippen LogP contribution in [0.5, 0.6) is 5.75 Å². The molecule has 20 heavy (non-hydrogen) atoms. The Morgan fingerprint density at radius 3 is 2.95 bits per heavy atom. The highest BCUT2D eigenvalue weighted by atomic mass is 16.6. The molecule has 0 atom stereocenters. The fourth-order valence-corrected chi connectivity index (χ4v) is 1.83. The molecule has 0 aromatic heterocycles. The van der Waals surface area contributed by atoms with Crippen molar-refractivity contribution in [1.82, 2.24) is 5.32 Å². The fourth-order valence-electron chi connectivity index (χ4n) is 1.83. The van der Waals surface area contributed by atoms with Crippen LogP contribution in [-0.4, -0.2) is 24.0 Å². The fraction of sp³-hybridized carbons (Fsp3) is 0.500. The van der Waals surface area contributed by atoms with Crippen molar-refractivity contribution in [2.24, 2.45) is 5.92 Å². The first kappa shape index (κ1) is 14.3. The van der Waals surface area contributed by atoms with Gasteiger partial charge in [0.2, 0.25) is 5.91 Å². The van der Waals surface area contributed by atoms with E-state index in [1.807, 2.05) is 0 Å². The normalized spacial score (nSPS) is 13.8. The zero-order valence-corrected chi connectivity index (χ0v) is 11.2. The topological polar surface area (TPSA) is 81.5 Å². The summed E-state index contributed by atoms with van der Waals surface area (Å²) in [6.07, 6.45) is 3.65. The number of nitro groups is 1. The summed E-state index contributed by atoms with van der Waals surface area (Å²) in [6.45, 7) is 0.991. The molecule has 1 amide bonds. The Labute approximate surface area is 117 Å². The highest BCUT2D eigenvalue weighted by Gasteiger charge is 2.23. The molecule has 0 aliphatic heterocycles. The number of hydrogen-bond donors (Lipinski definition) is 1. The van der Waals surface area contributed by atoms with Gasteiger partial charge in [-0.2, -0.15) is 0 Å².